The van der Waals surface area contributed by atoms with Gasteiger partial charge in [-0.25, -0.2) is 0 Å². The maximum absolute atomic E-state index is 13.7. The first-order valence-electron chi connectivity index (χ1n) is 12.9. The first kappa shape index (κ1) is 24.6. The van der Waals surface area contributed by atoms with Crippen molar-refractivity contribution in [3.63, 3.8) is 0 Å². The SMILES string of the molecule is COc1ccc2c(c1)N1CCN(CC(=O)N3CCOCC3)CC1C(C(=O)NC(C)c1ccccc1)C2. The minimum Gasteiger partial charge on any atom is -0.497 e. The number of ether oxygens (including phenoxy) is 2. The van der Waals surface area contributed by atoms with Crippen molar-refractivity contribution in [3.8, 4) is 5.75 Å². The van der Waals surface area contributed by atoms with Crippen molar-refractivity contribution in [2.45, 2.75) is 25.4 Å². The third-order valence-corrected chi connectivity index (χ3v) is 7.73. The molecule has 0 aromatic heterocycles. The van der Waals surface area contributed by atoms with Gasteiger partial charge < -0.3 is 24.6 Å². The van der Waals surface area contributed by atoms with Crippen LogP contribution in [-0.4, -0.2) is 87.2 Å². The fourth-order valence-corrected chi connectivity index (χ4v) is 5.66. The number of nitrogens with zero attached hydrogens (tertiary/aromatic N) is 3. The van der Waals surface area contributed by atoms with Crippen LogP contribution in [0.25, 0.3) is 0 Å². The lowest BCUT2D eigenvalue weighted by Crippen LogP contribution is -2.62. The van der Waals surface area contributed by atoms with Gasteiger partial charge in [0.1, 0.15) is 5.75 Å². The highest BCUT2D eigenvalue weighted by Crippen LogP contribution is 2.38. The van der Waals surface area contributed by atoms with Gasteiger partial charge in [-0.1, -0.05) is 36.4 Å². The number of fused-ring (bicyclic) bond motifs is 3. The third kappa shape index (κ3) is 5.20. The molecule has 2 amide bonds. The van der Waals surface area contributed by atoms with Crippen molar-refractivity contribution in [1.82, 2.24) is 15.1 Å². The van der Waals surface area contributed by atoms with Crippen LogP contribution in [0, 0.1) is 5.92 Å². The molecule has 36 heavy (non-hydrogen) atoms. The molecule has 3 unspecified atom stereocenters. The van der Waals surface area contributed by atoms with E-state index in [0.29, 0.717) is 45.8 Å². The molecule has 0 radical (unpaired) electrons. The zero-order valence-corrected chi connectivity index (χ0v) is 21.2. The number of morpholine rings is 1. The van der Waals surface area contributed by atoms with Crippen molar-refractivity contribution in [1.29, 1.82) is 0 Å². The van der Waals surface area contributed by atoms with Crippen LogP contribution in [0.15, 0.2) is 48.5 Å². The molecular weight excluding hydrogens is 456 g/mol. The van der Waals surface area contributed by atoms with E-state index in [1.165, 1.54) is 0 Å². The molecule has 2 fully saturated rings. The Morgan fingerprint density at radius 2 is 1.86 bits per heavy atom. The Labute approximate surface area is 213 Å². The predicted octanol–water partition coefficient (Wildman–Crippen LogP) is 2.09. The Kier molecular flexibility index (Phi) is 7.43. The number of nitrogens with one attached hydrogen (secondary N) is 1. The predicted molar refractivity (Wildman–Crippen MR) is 138 cm³/mol. The van der Waals surface area contributed by atoms with E-state index in [1.54, 1.807) is 7.11 Å². The van der Waals surface area contributed by atoms with E-state index in [4.69, 9.17) is 9.47 Å². The molecule has 0 bridgehead atoms. The van der Waals surface area contributed by atoms with E-state index in [9.17, 15) is 9.59 Å². The lowest BCUT2D eigenvalue weighted by Gasteiger charge is -2.49. The molecule has 3 aliphatic heterocycles. The summed E-state index contributed by atoms with van der Waals surface area (Å²) in [5, 5.41) is 3.26. The molecule has 2 saturated heterocycles. The summed E-state index contributed by atoms with van der Waals surface area (Å²) in [6.07, 6.45) is 0.666. The van der Waals surface area contributed by atoms with Gasteiger partial charge in [-0.05, 0) is 30.5 Å². The summed E-state index contributed by atoms with van der Waals surface area (Å²) in [6.45, 7) is 7.12. The normalized spacial score (nSPS) is 22.8. The van der Waals surface area contributed by atoms with Gasteiger partial charge in [-0.2, -0.15) is 0 Å². The largest absolute Gasteiger partial charge is 0.497 e. The average molecular weight is 493 g/mol. The van der Waals surface area contributed by atoms with Crippen LogP contribution in [0.2, 0.25) is 0 Å². The molecule has 2 aromatic carbocycles. The van der Waals surface area contributed by atoms with Gasteiger partial charge in [0.25, 0.3) is 0 Å². The van der Waals surface area contributed by atoms with Crippen LogP contribution < -0.4 is 15.0 Å². The molecule has 0 saturated carbocycles. The maximum atomic E-state index is 13.7. The van der Waals surface area contributed by atoms with Gasteiger partial charge in [-0.3, -0.25) is 14.5 Å². The number of rotatable bonds is 6. The molecule has 5 rings (SSSR count). The molecule has 192 valence electrons. The number of hydrogen-bond acceptors (Lipinski definition) is 6. The van der Waals surface area contributed by atoms with E-state index < -0.39 is 0 Å². The summed E-state index contributed by atoms with van der Waals surface area (Å²) >= 11 is 0. The molecule has 3 heterocycles. The number of carbonyl (C=O) groups is 2. The summed E-state index contributed by atoms with van der Waals surface area (Å²) in [7, 11) is 1.68. The summed E-state index contributed by atoms with van der Waals surface area (Å²) in [5.41, 5.74) is 3.39. The Morgan fingerprint density at radius 1 is 1.08 bits per heavy atom. The van der Waals surface area contributed by atoms with Gasteiger partial charge in [0.2, 0.25) is 11.8 Å². The van der Waals surface area contributed by atoms with E-state index >= 15 is 0 Å². The van der Waals surface area contributed by atoms with E-state index in [-0.39, 0.29) is 29.8 Å². The molecule has 0 aliphatic carbocycles. The third-order valence-electron chi connectivity index (χ3n) is 7.73. The maximum Gasteiger partial charge on any atom is 0.236 e. The Balaban J connectivity index is 1.35. The van der Waals surface area contributed by atoms with Crippen LogP contribution in [0.1, 0.15) is 24.1 Å². The van der Waals surface area contributed by atoms with Gasteiger partial charge in [0.05, 0.1) is 44.9 Å². The second-order valence-corrected chi connectivity index (χ2v) is 9.94. The quantitative estimate of drug-likeness (QED) is 0.666. The van der Waals surface area contributed by atoms with Crippen molar-refractivity contribution >= 4 is 17.5 Å². The second kappa shape index (κ2) is 10.9. The highest BCUT2D eigenvalue weighted by Gasteiger charge is 2.42. The Hall–Kier alpha value is -3.10. The van der Waals surface area contributed by atoms with Crippen LogP contribution >= 0.6 is 0 Å². The van der Waals surface area contributed by atoms with Crippen LogP contribution in [-0.2, 0) is 20.7 Å². The van der Waals surface area contributed by atoms with E-state index in [0.717, 1.165) is 35.7 Å². The second-order valence-electron chi connectivity index (χ2n) is 9.94. The summed E-state index contributed by atoms with van der Waals surface area (Å²) < 4.78 is 10.9. The highest BCUT2D eigenvalue weighted by atomic mass is 16.5. The number of benzene rings is 2. The first-order chi connectivity index (χ1) is 17.5. The van der Waals surface area contributed by atoms with Gasteiger partial charge >= 0.3 is 0 Å². The number of amides is 2. The number of piperazine rings is 1. The molecule has 8 heteroatoms. The zero-order chi connectivity index (χ0) is 25.1. The number of carbonyl (C=O) groups excluding carboxylic acids is 2. The van der Waals surface area contributed by atoms with Gasteiger partial charge in [0.15, 0.2) is 0 Å². The number of hydrogen-bond donors (Lipinski definition) is 1. The van der Waals surface area contributed by atoms with Gasteiger partial charge in [0, 0.05) is 44.5 Å². The zero-order valence-electron chi connectivity index (χ0n) is 21.2. The minimum atomic E-state index is -0.210. The lowest BCUT2D eigenvalue weighted by molar-refractivity contribution is -0.136. The monoisotopic (exact) mass is 492 g/mol. The fraction of sp³-hybridized carbons (Fsp3) is 0.500. The molecule has 2 aromatic rings. The van der Waals surface area contributed by atoms with Crippen molar-refractivity contribution in [3.05, 3.63) is 59.7 Å². The average Bonchev–Trinajstić information content (AvgIpc) is 2.93. The first-order valence-corrected chi connectivity index (χ1v) is 12.9. The Bertz CT molecular complexity index is 1070. The molecule has 3 atom stereocenters. The summed E-state index contributed by atoms with van der Waals surface area (Å²) in [6, 6.07) is 16.1. The smallest absolute Gasteiger partial charge is 0.236 e. The molecular formula is C28H36N4O4. The lowest BCUT2D eigenvalue weighted by atomic mass is 9.83. The number of methoxy groups -OCH3 is 1. The topological polar surface area (TPSA) is 74.3 Å². The minimum absolute atomic E-state index is 0.0150. The van der Waals surface area contributed by atoms with Crippen LogP contribution in [0.5, 0.6) is 5.75 Å². The van der Waals surface area contributed by atoms with Crippen LogP contribution in [0.4, 0.5) is 5.69 Å². The van der Waals surface area contributed by atoms with Crippen molar-refractivity contribution in [2.24, 2.45) is 5.92 Å². The van der Waals surface area contributed by atoms with Crippen molar-refractivity contribution < 1.29 is 19.1 Å². The number of anilines is 1. The molecule has 3 aliphatic rings. The van der Waals surface area contributed by atoms with E-state index in [1.807, 2.05) is 48.2 Å². The highest BCUT2D eigenvalue weighted by molar-refractivity contribution is 5.83. The standard InChI is InChI=1S/C28H36N4O4/c1-20(21-6-4-3-5-7-21)29-28(34)24-16-22-8-9-23(35-2)17-25(22)32-11-10-30(18-26(24)32)19-27(33)31-12-14-36-15-13-31/h3-9,17,20,24,26H,10-16,18-19H2,1-2H3,(H,29,34). The molecule has 0 spiro atoms. The van der Waals surface area contributed by atoms with E-state index in [2.05, 4.69) is 27.2 Å². The van der Waals surface area contributed by atoms with Crippen LogP contribution in [0.3, 0.4) is 0 Å². The fourth-order valence-electron chi connectivity index (χ4n) is 5.66. The van der Waals surface area contributed by atoms with Crippen molar-refractivity contribution in [2.75, 3.05) is 64.5 Å². The van der Waals surface area contributed by atoms with Gasteiger partial charge in [-0.15, -0.1) is 0 Å². The summed E-state index contributed by atoms with van der Waals surface area (Å²) in [4.78, 5) is 33.1. The molecule has 1 N–H and O–H groups in total. The molecule has 8 nitrogen and oxygen atoms in total. The Morgan fingerprint density at radius 3 is 2.61 bits per heavy atom. The summed E-state index contributed by atoms with van der Waals surface area (Å²) in [5.74, 6) is 0.809.